The fourth-order valence-corrected chi connectivity index (χ4v) is 4.32. The first-order valence-electron chi connectivity index (χ1n) is 8.93. The van der Waals surface area contributed by atoms with Gasteiger partial charge < -0.3 is 9.64 Å². The van der Waals surface area contributed by atoms with Gasteiger partial charge in [-0.05, 0) is 61.8 Å². The topological polar surface area (TPSA) is 80.4 Å². The van der Waals surface area contributed by atoms with E-state index in [-0.39, 0.29) is 16.6 Å². The maximum absolute atomic E-state index is 14.3. The lowest BCUT2D eigenvalue weighted by atomic mass is 9.75. The van der Waals surface area contributed by atoms with Gasteiger partial charge in [0.25, 0.3) is 5.91 Å². The average Bonchev–Trinajstić information content (AvgIpc) is 2.94. The van der Waals surface area contributed by atoms with Gasteiger partial charge in [-0.25, -0.2) is 4.39 Å². The molecule has 0 radical (unpaired) electrons. The molecule has 8 heteroatoms. The molecule has 2 aromatic rings. The molecule has 1 spiro atoms. The van der Waals surface area contributed by atoms with E-state index in [2.05, 4.69) is 0 Å². The molecular weight excluding hydrogens is 391 g/mol. The molecule has 0 atom stereocenters. The number of benzene rings is 2. The number of nitrogens with zero attached hydrogens (tertiary/aromatic N) is 4. The van der Waals surface area contributed by atoms with Gasteiger partial charge in [-0.15, -0.1) is 0 Å². The number of amides is 1. The predicted molar refractivity (Wildman–Crippen MR) is 108 cm³/mol. The van der Waals surface area contributed by atoms with Gasteiger partial charge in [-0.1, -0.05) is 0 Å². The molecule has 0 aromatic heterocycles. The van der Waals surface area contributed by atoms with Gasteiger partial charge in [0.2, 0.25) is 0 Å². The van der Waals surface area contributed by atoms with Gasteiger partial charge in [-0.2, -0.15) is 10.5 Å². The summed E-state index contributed by atoms with van der Waals surface area (Å²) in [5.74, 6) is -0.510. The van der Waals surface area contributed by atoms with Crippen LogP contribution in [0.1, 0.15) is 30.4 Å². The third-order valence-electron chi connectivity index (χ3n) is 5.49. The van der Waals surface area contributed by atoms with Crippen LogP contribution in [0.25, 0.3) is 0 Å². The van der Waals surface area contributed by atoms with Crippen LogP contribution in [0.2, 0.25) is 0 Å². The van der Waals surface area contributed by atoms with Crippen LogP contribution in [0.15, 0.2) is 36.4 Å². The molecule has 2 fully saturated rings. The highest BCUT2D eigenvalue weighted by atomic mass is 32.1. The molecule has 1 saturated carbocycles. The van der Waals surface area contributed by atoms with E-state index in [0.717, 1.165) is 6.42 Å². The maximum Gasteiger partial charge on any atom is 0.259 e. The number of hydrogen-bond acceptors (Lipinski definition) is 5. The van der Waals surface area contributed by atoms with E-state index in [1.165, 1.54) is 24.1 Å². The molecule has 4 rings (SSSR count). The maximum atomic E-state index is 14.3. The van der Waals surface area contributed by atoms with Crippen molar-refractivity contribution in [3.8, 4) is 17.9 Å². The molecule has 2 aromatic carbocycles. The number of carbonyl (C=O) groups is 1. The summed E-state index contributed by atoms with van der Waals surface area (Å²) in [6.07, 6.45) is 2.04. The van der Waals surface area contributed by atoms with Gasteiger partial charge in [0.1, 0.15) is 29.2 Å². The van der Waals surface area contributed by atoms with E-state index >= 15 is 0 Å². The van der Waals surface area contributed by atoms with Crippen molar-refractivity contribution in [1.29, 1.82) is 10.5 Å². The largest absolute Gasteiger partial charge is 0.495 e. The van der Waals surface area contributed by atoms with Crippen LogP contribution < -0.4 is 14.5 Å². The molecule has 1 aliphatic carbocycles. The first-order valence-corrected chi connectivity index (χ1v) is 9.34. The van der Waals surface area contributed by atoms with Crippen LogP contribution in [0.3, 0.4) is 0 Å². The predicted octanol–water partition coefficient (Wildman–Crippen LogP) is 3.64. The average molecular weight is 406 g/mol. The summed E-state index contributed by atoms with van der Waals surface area (Å²) in [6, 6.07) is 12.9. The number of anilines is 2. The number of carbonyl (C=O) groups excluding carboxylic acids is 1. The van der Waals surface area contributed by atoms with E-state index in [1.54, 1.807) is 35.2 Å². The van der Waals surface area contributed by atoms with Crippen molar-refractivity contribution in [3.63, 3.8) is 0 Å². The highest BCUT2D eigenvalue weighted by Gasteiger charge is 2.59. The second-order valence-corrected chi connectivity index (χ2v) is 7.28. The Hall–Kier alpha value is -3.49. The molecule has 0 bridgehead atoms. The number of ether oxygens (including phenoxy) is 1. The Bertz CT molecular complexity index is 1130. The van der Waals surface area contributed by atoms with Crippen LogP contribution >= 0.6 is 12.2 Å². The number of halogens is 1. The van der Waals surface area contributed by atoms with Crippen molar-refractivity contribution >= 4 is 34.6 Å². The molecule has 1 aliphatic heterocycles. The summed E-state index contributed by atoms with van der Waals surface area (Å²) in [4.78, 5) is 16.5. The highest BCUT2D eigenvalue weighted by molar-refractivity contribution is 7.81. The Morgan fingerprint density at radius 3 is 2.31 bits per heavy atom. The Morgan fingerprint density at radius 2 is 1.76 bits per heavy atom. The highest BCUT2D eigenvalue weighted by Crippen LogP contribution is 2.48. The summed E-state index contributed by atoms with van der Waals surface area (Å²) in [5.41, 5.74) is 0.333. The third kappa shape index (κ3) is 2.65. The third-order valence-corrected chi connectivity index (χ3v) is 5.85. The standard InChI is InChI=1S/C21H15FN4O2S/c1-28-18-10-15(5-4-14(18)12-24)25-19(27)21(7-2-8-21)26(20(25)29)16-6-3-13(11-23)17(22)9-16/h3-6,9-10H,2,7-8H2,1H3. The lowest BCUT2D eigenvalue weighted by molar-refractivity contribution is -0.123. The van der Waals surface area contributed by atoms with Crippen LogP contribution in [0, 0.1) is 28.5 Å². The van der Waals surface area contributed by atoms with Gasteiger partial charge in [0.05, 0.1) is 23.9 Å². The van der Waals surface area contributed by atoms with Crippen molar-refractivity contribution in [3.05, 3.63) is 53.3 Å². The van der Waals surface area contributed by atoms with E-state index in [4.69, 9.17) is 22.2 Å². The fraction of sp³-hybridized carbons (Fsp3) is 0.238. The normalized spacial score (nSPS) is 17.1. The Balaban J connectivity index is 1.81. The van der Waals surface area contributed by atoms with Crippen LogP contribution in [0.4, 0.5) is 15.8 Å². The Labute approximate surface area is 172 Å². The second kappa shape index (κ2) is 6.84. The summed E-state index contributed by atoms with van der Waals surface area (Å²) in [5, 5.41) is 18.4. The van der Waals surface area contributed by atoms with Crippen molar-refractivity contribution in [2.45, 2.75) is 24.8 Å². The zero-order chi connectivity index (χ0) is 20.8. The zero-order valence-corrected chi connectivity index (χ0v) is 16.3. The lowest BCUT2D eigenvalue weighted by Gasteiger charge is -2.43. The minimum absolute atomic E-state index is 0.0680. The number of methoxy groups -OCH3 is 1. The number of rotatable bonds is 3. The van der Waals surface area contributed by atoms with Crippen LogP contribution in [-0.2, 0) is 4.79 Å². The molecule has 144 valence electrons. The zero-order valence-electron chi connectivity index (χ0n) is 15.5. The molecule has 2 aliphatic rings. The molecule has 0 unspecified atom stereocenters. The smallest absolute Gasteiger partial charge is 0.259 e. The summed E-state index contributed by atoms with van der Waals surface area (Å²) < 4.78 is 19.5. The van der Waals surface area contributed by atoms with E-state index in [0.29, 0.717) is 35.5 Å². The van der Waals surface area contributed by atoms with E-state index < -0.39 is 11.4 Å². The monoisotopic (exact) mass is 406 g/mol. The van der Waals surface area contributed by atoms with Crippen molar-refractivity contribution in [2.75, 3.05) is 16.9 Å². The molecule has 29 heavy (non-hydrogen) atoms. The van der Waals surface area contributed by atoms with Gasteiger partial charge in [-0.3, -0.25) is 9.69 Å². The summed E-state index contributed by atoms with van der Waals surface area (Å²) in [6.45, 7) is 0. The number of thiocarbonyl (C=S) groups is 1. The van der Waals surface area contributed by atoms with Gasteiger partial charge in [0.15, 0.2) is 5.11 Å². The van der Waals surface area contributed by atoms with Gasteiger partial charge in [0, 0.05) is 11.8 Å². The van der Waals surface area contributed by atoms with Gasteiger partial charge >= 0.3 is 0 Å². The van der Waals surface area contributed by atoms with E-state index in [1.807, 2.05) is 6.07 Å². The molecule has 0 N–H and O–H groups in total. The Kier molecular flexibility index (Phi) is 4.45. The molecule has 1 amide bonds. The first-order chi connectivity index (χ1) is 14.0. The molecule has 1 heterocycles. The van der Waals surface area contributed by atoms with Crippen LogP contribution in [-0.4, -0.2) is 23.7 Å². The number of hydrogen-bond donors (Lipinski definition) is 0. The second-order valence-electron chi connectivity index (χ2n) is 6.92. The SMILES string of the molecule is COc1cc(N2C(=O)C3(CCC3)N(c3ccc(C#N)c(F)c3)C2=S)ccc1C#N. The summed E-state index contributed by atoms with van der Waals surface area (Å²) >= 11 is 5.64. The Morgan fingerprint density at radius 1 is 1.10 bits per heavy atom. The van der Waals surface area contributed by atoms with E-state index in [9.17, 15) is 14.4 Å². The lowest BCUT2D eigenvalue weighted by Crippen LogP contribution is -2.55. The molecule has 6 nitrogen and oxygen atoms in total. The number of nitriles is 2. The summed E-state index contributed by atoms with van der Waals surface area (Å²) in [7, 11) is 1.45. The fourth-order valence-electron chi connectivity index (χ4n) is 3.85. The molecule has 1 saturated heterocycles. The van der Waals surface area contributed by atoms with Crippen molar-refractivity contribution in [1.82, 2.24) is 0 Å². The van der Waals surface area contributed by atoms with Crippen molar-refractivity contribution < 1.29 is 13.9 Å². The van der Waals surface area contributed by atoms with Crippen molar-refractivity contribution in [2.24, 2.45) is 0 Å². The first kappa shape index (κ1) is 18.9. The minimum atomic E-state index is -0.862. The quantitative estimate of drug-likeness (QED) is 0.724. The molecular formula is C21H15FN4O2S. The minimum Gasteiger partial charge on any atom is -0.495 e. The van der Waals surface area contributed by atoms with Crippen LogP contribution in [0.5, 0.6) is 5.75 Å².